The summed E-state index contributed by atoms with van der Waals surface area (Å²) in [5, 5.41) is 3.07. The minimum Gasteiger partial charge on any atom is -0.484 e. The lowest BCUT2D eigenvalue weighted by Gasteiger charge is -2.29. The number of benzene rings is 2. The van der Waals surface area contributed by atoms with Gasteiger partial charge in [0.1, 0.15) is 17.6 Å². The van der Waals surface area contributed by atoms with Crippen LogP contribution >= 0.6 is 0 Å². The molecule has 0 heterocycles. The molecular weight excluding hydrogens is 407 g/mol. The molecule has 1 fully saturated rings. The number of halogens is 1. The topological polar surface area (TPSA) is 58.6 Å². The largest absolute Gasteiger partial charge is 0.484 e. The van der Waals surface area contributed by atoms with Crippen molar-refractivity contribution in [2.24, 2.45) is 0 Å². The number of carbonyl (C=O) groups excluding carboxylic acids is 2. The van der Waals surface area contributed by atoms with Crippen molar-refractivity contribution in [3.8, 4) is 5.75 Å². The fraction of sp³-hybridized carbons (Fsp3) is 0.462. The molecule has 0 spiro atoms. The van der Waals surface area contributed by atoms with E-state index in [0.717, 1.165) is 31.2 Å². The van der Waals surface area contributed by atoms with Crippen LogP contribution in [-0.4, -0.2) is 35.4 Å². The number of carbonyl (C=O) groups is 2. The fourth-order valence-electron chi connectivity index (χ4n) is 3.94. The molecule has 6 heteroatoms. The minimum atomic E-state index is -0.667. The van der Waals surface area contributed by atoms with Crippen LogP contribution in [0.3, 0.4) is 0 Å². The highest BCUT2D eigenvalue weighted by atomic mass is 19.1. The number of nitrogens with zero attached hydrogens (tertiary/aromatic N) is 1. The van der Waals surface area contributed by atoms with Crippen molar-refractivity contribution in [1.29, 1.82) is 0 Å². The molecule has 0 aliphatic heterocycles. The highest BCUT2D eigenvalue weighted by Crippen LogP contribution is 2.20. The van der Waals surface area contributed by atoms with Crippen LogP contribution in [0.2, 0.25) is 0 Å². The molecule has 0 radical (unpaired) electrons. The van der Waals surface area contributed by atoms with Crippen molar-refractivity contribution < 1.29 is 18.7 Å². The molecule has 0 bridgehead atoms. The Labute approximate surface area is 190 Å². The van der Waals surface area contributed by atoms with E-state index in [9.17, 15) is 14.0 Å². The van der Waals surface area contributed by atoms with Gasteiger partial charge in [0.05, 0.1) is 0 Å². The molecule has 1 aliphatic carbocycles. The van der Waals surface area contributed by atoms with Gasteiger partial charge in [-0.2, -0.15) is 0 Å². The summed E-state index contributed by atoms with van der Waals surface area (Å²) in [4.78, 5) is 27.5. The molecule has 5 nitrogen and oxygen atoms in total. The second-order valence-electron chi connectivity index (χ2n) is 8.83. The van der Waals surface area contributed by atoms with Crippen LogP contribution < -0.4 is 10.1 Å². The highest BCUT2D eigenvalue weighted by molar-refractivity contribution is 5.88. The molecule has 2 aromatic rings. The van der Waals surface area contributed by atoms with Gasteiger partial charge >= 0.3 is 0 Å². The van der Waals surface area contributed by atoms with Crippen LogP contribution in [-0.2, 0) is 16.1 Å². The van der Waals surface area contributed by atoms with Crippen LogP contribution in [0.15, 0.2) is 48.5 Å². The zero-order chi connectivity index (χ0) is 23.1. The lowest BCUT2D eigenvalue weighted by Crippen LogP contribution is -2.50. The van der Waals surface area contributed by atoms with Gasteiger partial charge in [0.25, 0.3) is 5.91 Å². The van der Waals surface area contributed by atoms with Crippen molar-refractivity contribution in [2.45, 2.75) is 71.0 Å². The Bertz CT molecular complexity index is 890. The molecular formula is C26H33FN2O3. The Balaban J connectivity index is 1.68. The van der Waals surface area contributed by atoms with Crippen LogP contribution in [0.1, 0.15) is 63.5 Å². The van der Waals surface area contributed by atoms with E-state index < -0.39 is 6.04 Å². The summed E-state index contributed by atoms with van der Waals surface area (Å²) in [6, 6.07) is 13.1. The molecule has 1 aliphatic rings. The first-order chi connectivity index (χ1) is 15.3. The van der Waals surface area contributed by atoms with Crippen molar-refractivity contribution in [2.75, 3.05) is 6.61 Å². The minimum absolute atomic E-state index is 0.170. The predicted molar refractivity (Wildman–Crippen MR) is 123 cm³/mol. The summed E-state index contributed by atoms with van der Waals surface area (Å²) in [7, 11) is 0. The molecule has 1 N–H and O–H groups in total. The third-order valence-electron chi connectivity index (χ3n) is 6.04. The van der Waals surface area contributed by atoms with E-state index in [4.69, 9.17) is 4.74 Å². The van der Waals surface area contributed by atoms with E-state index in [0.29, 0.717) is 11.7 Å². The van der Waals surface area contributed by atoms with Crippen molar-refractivity contribution >= 4 is 11.8 Å². The van der Waals surface area contributed by atoms with Gasteiger partial charge in [-0.3, -0.25) is 9.59 Å². The number of hydrogen-bond donors (Lipinski definition) is 1. The predicted octanol–water partition coefficient (Wildman–Crippen LogP) is 4.80. The molecule has 1 saturated carbocycles. The van der Waals surface area contributed by atoms with Gasteiger partial charge in [0.2, 0.25) is 5.91 Å². The zero-order valence-electron chi connectivity index (χ0n) is 19.1. The molecule has 0 saturated heterocycles. The van der Waals surface area contributed by atoms with Crippen LogP contribution in [0, 0.1) is 5.82 Å². The van der Waals surface area contributed by atoms with Crippen molar-refractivity contribution in [3.05, 3.63) is 65.5 Å². The van der Waals surface area contributed by atoms with Gasteiger partial charge in [-0.1, -0.05) is 51.0 Å². The first-order valence-corrected chi connectivity index (χ1v) is 11.4. The molecule has 172 valence electrons. The Kier molecular flexibility index (Phi) is 8.26. The smallest absolute Gasteiger partial charge is 0.261 e. The van der Waals surface area contributed by atoms with Crippen LogP contribution in [0.5, 0.6) is 5.75 Å². The summed E-state index contributed by atoms with van der Waals surface area (Å²) >= 11 is 0. The highest BCUT2D eigenvalue weighted by Gasteiger charge is 2.28. The summed E-state index contributed by atoms with van der Waals surface area (Å²) < 4.78 is 19.0. The summed E-state index contributed by atoms with van der Waals surface area (Å²) in [5.74, 6) is 0.209. The number of amides is 2. The van der Waals surface area contributed by atoms with E-state index in [2.05, 4.69) is 19.2 Å². The molecule has 0 aromatic heterocycles. The number of ether oxygens (including phenoxy) is 1. The quantitative estimate of drug-likeness (QED) is 0.609. The van der Waals surface area contributed by atoms with Crippen LogP contribution in [0.25, 0.3) is 0 Å². The molecule has 32 heavy (non-hydrogen) atoms. The van der Waals surface area contributed by atoms with Gasteiger partial charge < -0.3 is 15.0 Å². The van der Waals surface area contributed by atoms with Gasteiger partial charge in [0, 0.05) is 12.6 Å². The van der Waals surface area contributed by atoms with Gasteiger partial charge in [-0.25, -0.2) is 4.39 Å². The van der Waals surface area contributed by atoms with E-state index in [-0.39, 0.29) is 36.8 Å². The van der Waals surface area contributed by atoms with Crippen LogP contribution in [0.4, 0.5) is 4.39 Å². The van der Waals surface area contributed by atoms with E-state index in [1.54, 1.807) is 19.1 Å². The average molecular weight is 441 g/mol. The normalized spacial score (nSPS) is 14.9. The SMILES string of the molecule is CC(C)c1ccc(OCC(=O)N(Cc2ccc(F)cc2)[C@@H](C)C(=O)NC2CCCC2)cc1. The first kappa shape index (κ1) is 23.8. The fourth-order valence-corrected chi connectivity index (χ4v) is 3.94. The zero-order valence-corrected chi connectivity index (χ0v) is 19.1. The van der Waals surface area contributed by atoms with Gasteiger partial charge in [0.15, 0.2) is 6.61 Å². The lowest BCUT2D eigenvalue weighted by atomic mass is 10.0. The third-order valence-corrected chi connectivity index (χ3v) is 6.04. The number of rotatable bonds is 9. The average Bonchev–Trinajstić information content (AvgIpc) is 3.30. The van der Waals surface area contributed by atoms with E-state index in [1.807, 2.05) is 24.3 Å². The Morgan fingerprint density at radius 3 is 2.25 bits per heavy atom. The maximum atomic E-state index is 13.3. The summed E-state index contributed by atoms with van der Waals surface area (Å²) in [6.07, 6.45) is 4.17. The van der Waals surface area contributed by atoms with Gasteiger partial charge in [-0.15, -0.1) is 0 Å². The third kappa shape index (κ3) is 6.55. The maximum absolute atomic E-state index is 13.3. The number of nitrogens with one attached hydrogen (secondary N) is 1. The van der Waals surface area contributed by atoms with E-state index in [1.165, 1.54) is 22.6 Å². The molecule has 3 rings (SSSR count). The Morgan fingerprint density at radius 2 is 1.66 bits per heavy atom. The second kappa shape index (κ2) is 11.1. The van der Waals surface area contributed by atoms with Gasteiger partial charge in [-0.05, 0) is 61.1 Å². The monoisotopic (exact) mass is 440 g/mol. The Morgan fingerprint density at radius 1 is 1.03 bits per heavy atom. The standard InChI is InChI=1S/C26H33FN2O3/c1-18(2)21-10-14-24(15-11-21)32-17-25(30)29(16-20-8-12-22(27)13-9-20)19(3)26(31)28-23-6-4-5-7-23/h8-15,18-19,23H,4-7,16-17H2,1-3H3,(H,28,31)/t19-/m0/s1. The molecule has 1 atom stereocenters. The molecule has 0 unspecified atom stereocenters. The molecule has 2 amide bonds. The Hall–Kier alpha value is -2.89. The summed E-state index contributed by atoms with van der Waals surface area (Å²) in [5.41, 5.74) is 1.94. The molecule has 2 aromatic carbocycles. The summed E-state index contributed by atoms with van der Waals surface area (Å²) in [6.45, 7) is 5.98. The second-order valence-corrected chi connectivity index (χ2v) is 8.83. The van der Waals surface area contributed by atoms with Crippen molar-refractivity contribution in [3.63, 3.8) is 0 Å². The number of hydrogen-bond acceptors (Lipinski definition) is 3. The first-order valence-electron chi connectivity index (χ1n) is 11.4. The lowest BCUT2D eigenvalue weighted by molar-refractivity contribution is -0.142. The van der Waals surface area contributed by atoms with E-state index >= 15 is 0 Å². The van der Waals surface area contributed by atoms with Crippen molar-refractivity contribution in [1.82, 2.24) is 10.2 Å². The maximum Gasteiger partial charge on any atom is 0.261 e.